The molecule has 1 fully saturated rings. The van der Waals surface area contributed by atoms with E-state index in [9.17, 15) is 9.50 Å². The number of hydrogen-bond donors (Lipinski definition) is 2. The number of rotatable bonds is 3. The van der Waals surface area contributed by atoms with Crippen LogP contribution in [0, 0.1) is 18.7 Å². The third-order valence-corrected chi connectivity index (χ3v) is 6.71. The van der Waals surface area contributed by atoms with E-state index in [-0.39, 0.29) is 12.4 Å². The van der Waals surface area contributed by atoms with Crippen molar-refractivity contribution in [3.8, 4) is 28.3 Å². The second-order valence-electron chi connectivity index (χ2n) is 9.33. The van der Waals surface area contributed by atoms with Crippen LogP contribution in [0.25, 0.3) is 22.5 Å². The quantitative estimate of drug-likeness (QED) is 0.467. The highest BCUT2D eigenvalue weighted by Gasteiger charge is 2.29. The Kier molecular flexibility index (Phi) is 5.06. The maximum absolute atomic E-state index is 14.4. The Labute approximate surface area is 201 Å². The number of hydrogen-bond acceptors (Lipinski definition) is 7. The molecule has 1 aliphatic heterocycles. The molecule has 0 spiro atoms. The largest absolute Gasteiger partial charge is 0.479 e. The highest BCUT2D eigenvalue weighted by Crippen LogP contribution is 2.40. The number of nitrogens with zero attached hydrogens (tertiary/aromatic N) is 6. The van der Waals surface area contributed by atoms with Crippen LogP contribution in [0.3, 0.4) is 0 Å². The number of nitrogen functional groups attached to an aromatic ring is 1. The first-order valence-corrected chi connectivity index (χ1v) is 11.7. The molecule has 0 amide bonds. The fourth-order valence-electron chi connectivity index (χ4n) is 4.82. The summed E-state index contributed by atoms with van der Waals surface area (Å²) in [5.74, 6) is 0.681. The number of halogens is 1. The lowest BCUT2D eigenvalue weighted by Gasteiger charge is -2.22. The Morgan fingerprint density at radius 2 is 2.03 bits per heavy atom. The third kappa shape index (κ3) is 3.83. The minimum Gasteiger partial charge on any atom is -0.479 e. The zero-order valence-electron chi connectivity index (χ0n) is 19.6. The Hall–Kier alpha value is -3.79. The summed E-state index contributed by atoms with van der Waals surface area (Å²) in [6.07, 6.45) is 3.71. The molecule has 1 aromatic carbocycles. The van der Waals surface area contributed by atoms with Crippen LogP contribution >= 0.6 is 0 Å². The van der Waals surface area contributed by atoms with Gasteiger partial charge in [-0.2, -0.15) is 20.1 Å². The number of aliphatic hydroxyl groups is 1. The molecule has 2 aliphatic rings. The van der Waals surface area contributed by atoms with Gasteiger partial charge in [0.15, 0.2) is 11.6 Å². The van der Waals surface area contributed by atoms with Gasteiger partial charge in [-0.3, -0.25) is 4.68 Å². The van der Waals surface area contributed by atoms with Gasteiger partial charge in [-0.25, -0.2) is 9.37 Å². The summed E-state index contributed by atoms with van der Waals surface area (Å²) in [4.78, 5) is 5.90. The predicted molar refractivity (Wildman–Crippen MR) is 127 cm³/mol. The number of nitrogens with two attached hydrogens (primary N) is 1. The molecular weight excluding hydrogens is 449 g/mol. The van der Waals surface area contributed by atoms with Crippen LogP contribution in [0.5, 0.6) is 5.75 Å². The molecule has 1 unspecified atom stereocenters. The number of fused-ring (bicyclic) bond motifs is 7. The van der Waals surface area contributed by atoms with Gasteiger partial charge in [-0.05, 0) is 49.9 Å². The fourth-order valence-corrected chi connectivity index (χ4v) is 4.82. The lowest BCUT2D eigenvalue weighted by atomic mass is 9.95. The van der Waals surface area contributed by atoms with E-state index in [4.69, 9.17) is 15.6 Å². The molecule has 1 saturated carbocycles. The summed E-state index contributed by atoms with van der Waals surface area (Å²) in [6.45, 7) is 2.43. The number of anilines is 1. The Bertz CT molecular complexity index is 1440. The molecule has 1 aliphatic carbocycles. The summed E-state index contributed by atoms with van der Waals surface area (Å²) in [7, 11) is 1.76. The van der Waals surface area contributed by atoms with E-state index in [0.717, 1.165) is 34.8 Å². The molecule has 4 heterocycles. The number of aliphatic hydroxyl groups excluding tert-OH is 1. The fraction of sp³-hybridized carbons (Fsp3) is 0.360. The first kappa shape index (κ1) is 21.7. The summed E-state index contributed by atoms with van der Waals surface area (Å²) in [6, 6.07) is 6.21. The van der Waals surface area contributed by atoms with Gasteiger partial charge < -0.3 is 15.6 Å². The Morgan fingerprint density at radius 3 is 2.80 bits per heavy atom. The van der Waals surface area contributed by atoms with Crippen LogP contribution in [0.1, 0.15) is 41.5 Å². The van der Waals surface area contributed by atoms with Gasteiger partial charge in [0.2, 0.25) is 0 Å². The molecule has 1 atom stereocenters. The molecular formula is C25H26FN7O2. The van der Waals surface area contributed by atoms with Gasteiger partial charge in [0, 0.05) is 48.5 Å². The molecule has 6 rings (SSSR count). The zero-order valence-corrected chi connectivity index (χ0v) is 19.6. The number of aryl methyl sites for hydroxylation is 2. The molecule has 9 nitrogen and oxygen atoms in total. The van der Waals surface area contributed by atoms with Crippen molar-refractivity contribution >= 4 is 5.82 Å². The third-order valence-electron chi connectivity index (χ3n) is 6.71. The van der Waals surface area contributed by atoms with Crippen LogP contribution in [-0.4, -0.2) is 41.5 Å². The molecule has 0 saturated heterocycles. The van der Waals surface area contributed by atoms with Gasteiger partial charge in [-0.1, -0.05) is 0 Å². The van der Waals surface area contributed by atoms with E-state index in [1.54, 1.807) is 19.3 Å². The van der Waals surface area contributed by atoms with Crippen molar-refractivity contribution in [2.24, 2.45) is 13.0 Å². The molecule has 2 bridgehead atoms. The van der Waals surface area contributed by atoms with E-state index in [1.165, 1.54) is 29.8 Å². The predicted octanol–water partition coefficient (Wildman–Crippen LogP) is 3.20. The van der Waals surface area contributed by atoms with E-state index < -0.39 is 11.9 Å². The van der Waals surface area contributed by atoms with Crippen molar-refractivity contribution in [1.29, 1.82) is 0 Å². The summed E-state index contributed by atoms with van der Waals surface area (Å²) >= 11 is 0. The molecule has 3 N–H and O–H groups in total. The molecule has 35 heavy (non-hydrogen) atoms. The van der Waals surface area contributed by atoms with Crippen molar-refractivity contribution in [3.63, 3.8) is 0 Å². The molecule has 4 aromatic rings. The van der Waals surface area contributed by atoms with Gasteiger partial charge in [0.1, 0.15) is 17.6 Å². The van der Waals surface area contributed by atoms with E-state index in [1.807, 2.05) is 17.7 Å². The lowest BCUT2D eigenvalue weighted by molar-refractivity contribution is 0.117. The van der Waals surface area contributed by atoms with Gasteiger partial charge in [0.25, 0.3) is 0 Å². The molecule has 180 valence electrons. The summed E-state index contributed by atoms with van der Waals surface area (Å²) in [5, 5.41) is 24.4. The number of aromatic nitrogens is 6. The number of benzene rings is 1. The summed E-state index contributed by atoms with van der Waals surface area (Å²) in [5.41, 5.74) is 12.3. The van der Waals surface area contributed by atoms with Crippen molar-refractivity contribution in [3.05, 3.63) is 58.8 Å². The number of pyridine rings is 1. The van der Waals surface area contributed by atoms with Crippen LogP contribution in [-0.2, 0) is 20.0 Å². The van der Waals surface area contributed by atoms with Gasteiger partial charge in [0.05, 0.1) is 23.7 Å². The lowest BCUT2D eigenvalue weighted by Crippen LogP contribution is -2.16. The number of ether oxygens (including phenoxy) is 1. The van der Waals surface area contributed by atoms with Crippen LogP contribution in [0.4, 0.5) is 10.2 Å². The van der Waals surface area contributed by atoms with Crippen LogP contribution in [0.15, 0.2) is 30.5 Å². The van der Waals surface area contributed by atoms with Crippen LogP contribution < -0.4 is 10.5 Å². The maximum Gasteiger partial charge on any atom is 0.166 e. The standard InChI is InChI=1S/C25H26FN7O2/c1-13-18-9-20-23(31-32(2)30-20)17-6-5-16(26)8-19(17)22(12-34)35-21-7-15(10-28-25(21)27)24(18)33(29-13)11-14-3-4-14/h5-8,10,14,22,34H,3-4,9,11-12H2,1-2H3,(H2,27,28). The van der Waals surface area contributed by atoms with Crippen molar-refractivity contribution in [1.82, 2.24) is 29.8 Å². The Balaban J connectivity index is 1.63. The highest BCUT2D eigenvalue weighted by atomic mass is 19.1. The maximum atomic E-state index is 14.4. The second kappa shape index (κ2) is 8.16. The average Bonchev–Trinajstić information content (AvgIpc) is 3.49. The van der Waals surface area contributed by atoms with Gasteiger partial charge >= 0.3 is 0 Å². The summed E-state index contributed by atoms with van der Waals surface area (Å²) < 4.78 is 22.6. The normalized spacial score (nSPS) is 17.0. The smallest absolute Gasteiger partial charge is 0.166 e. The van der Waals surface area contributed by atoms with E-state index in [0.29, 0.717) is 34.9 Å². The average molecular weight is 476 g/mol. The minimum absolute atomic E-state index is 0.189. The highest BCUT2D eigenvalue weighted by molar-refractivity contribution is 5.71. The first-order chi connectivity index (χ1) is 16.9. The van der Waals surface area contributed by atoms with Crippen molar-refractivity contribution < 1.29 is 14.2 Å². The Morgan fingerprint density at radius 1 is 1.20 bits per heavy atom. The monoisotopic (exact) mass is 475 g/mol. The van der Waals surface area contributed by atoms with Crippen molar-refractivity contribution in [2.75, 3.05) is 12.3 Å². The van der Waals surface area contributed by atoms with E-state index >= 15 is 0 Å². The molecule has 0 radical (unpaired) electrons. The SMILES string of the molecule is Cc1nn(CC2CC2)c2c1Cc1nn(C)nc1-c1ccc(F)cc1C(CO)Oc1cc-2cnc1N. The molecule has 3 aromatic heterocycles. The topological polar surface area (TPSA) is 117 Å². The first-order valence-electron chi connectivity index (χ1n) is 11.7. The second-order valence-corrected chi connectivity index (χ2v) is 9.33. The molecule has 10 heteroatoms. The zero-order chi connectivity index (χ0) is 24.3. The van der Waals surface area contributed by atoms with Gasteiger partial charge in [-0.15, -0.1) is 0 Å². The van der Waals surface area contributed by atoms with Crippen molar-refractivity contribution in [2.45, 2.75) is 38.8 Å². The minimum atomic E-state index is -0.882. The van der Waals surface area contributed by atoms with Crippen LogP contribution in [0.2, 0.25) is 0 Å². The van der Waals surface area contributed by atoms with E-state index in [2.05, 4.69) is 15.2 Å².